The van der Waals surface area contributed by atoms with E-state index >= 15 is 0 Å². The molecule has 1 heterocycles. The van der Waals surface area contributed by atoms with Gasteiger partial charge < -0.3 is 4.98 Å². The number of imidazole rings is 1. The number of H-pyrrole nitrogens is 1. The molecule has 0 fully saturated rings. The fourth-order valence-corrected chi connectivity index (χ4v) is 1.20. The lowest BCUT2D eigenvalue weighted by Crippen LogP contribution is -1.90. The van der Waals surface area contributed by atoms with Gasteiger partial charge in [0.1, 0.15) is 0 Å². The van der Waals surface area contributed by atoms with Crippen molar-refractivity contribution in [2.75, 3.05) is 5.43 Å². The van der Waals surface area contributed by atoms with Crippen molar-refractivity contribution in [2.45, 2.75) is 13.3 Å². The Morgan fingerprint density at radius 1 is 1.50 bits per heavy atom. The number of anilines is 1. The Morgan fingerprint density at radius 2 is 2.36 bits per heavy atom. The smallest absolute Gasteiger partial charge is 0.222 e. The molecule has 2 aromatic rings. The Labute approximate surface area is 82.1 Å². The summed E-state index contributed by atoms with van der Waals surface area (Å²) in [6.07, 6.45) is 2.71. The molecule has 0 aliphatic carbocycles. The van der Waals surface area contributed by atoms with Gasteiger partial charge in [-0.05, 0) is 18.6 Å². The van der Waals surface area contributed by atoms with Crippen LogP contribution in [0.2, 0.25) is 0 Å². The van der Waals surface area contributed by atoms with Crippen molar-refractivity contribution in [2.24, 2.45) is 5.10 Å². The maximum Gasteiger partial charge on any atom is 0.222 e. The molecule has 0 radical (unpaired) electrons. The summed E-state index contributed by atoms with van der Waals surface area (Å²) in [5, 5.41) is 3.99. The molecular formula is C10H12N4. The average molecular weight is 188 g/mol. The molecule has 4 heteroatoms. The van der Waals surface area contributed by atoms with E-state index in [2.05, 4.69) is 20.5 Å². The van der Waals surface area contributed by atoms with Crippen molar-refractivity contribution in [1.82, 2.24) is 9.97 Å². The molecule has 0 aliphatic rings. The van der Waals surface area contributed by atoms with Gasteiger partial charge in [-0.15, -0.1) is 0 Å². The molecule has 0 bridgehead atoms. The van der Waals surface area contributed by atoms with Gasteiger partial charge in [0.2, 0.25) is 5.95 Å². The summed E-state index contributed by atoms with van der Waals surface area (Å²) >= 11 is 0. The van der Waals surface area contributed by atoms with Crippen molar-refractivity contribution in [3.63, 3.8) is 0 Å². The Balaban J connectivity index is 2.23. The highest BCUT2D eigenvalue weighted by molar-refractivity contribution is 5.77. The number of benzene rings is 1. The largest absolute Gasteiger partial charge is 0.323 e. The Bertz CT molecular complexity index is 411. The second-order valence-electron chi connectivity index (χ2n) is 2.93. The SMILES string of the molecule is CCC=NNc1nc2ccccc2[nH]1. The Kier molecular flexibility index (Phi) is 2.44. The summed E-state index contributed by atoms with van der Waals surface area (Å²) in [5.74, 6) is 0.677. The van der Waals surface area contributed by atoms with E-state index in [9.17, 15) is 0 Å². The van der Waals surface area contributed by atoms with Crippen molar-refractivity contribution >= 4 is 23.2 Å². The normalized spacial score (nSPS) is 11.2. The van der Waals surface area contributed by atoms with Crippen LogP contribution in [0.5, 0.6) is 0 Å². The fraction of sp³-hybridized carbons (Fsp3) is 0.200. The van der Waals surface area contributed by atoms with Crippen molar-refractivity contribution < 1.29 is 0 Å². The molecule has 2 N–H and O–H groups in total. The van der Waals surface area contributed by atoms with Crippen LogP contribution in [0.25, 0.3) is 11.0 Å². The Hall–Kier alpha value is -1.84. The third-order valence-corrected chi connectivity index (χ3v) is 1.83. The quantitative estimate of drug-likeness (QED) is 0.574. The maximum atomic E-state index is 4.30. The van der Waals surface area contributed by atoms with Crippen LogP contribution in [0.1, 0.15) is 13.3 Å². The summed E-state index contributed by atoms with van der Waals surface area (Å²) in [6, 6.07) is 7.87. The van der Waals surface area contributed by atoms with Crippen LogP contribution in [0.3, 0.4) is 0 Å². The summed E-state index contributed by atoms with van der Waals surface area (Å²) in [6.45, 7) is 2.03. The van der Waals surface area contributed by atoms with Crippen molar-refractivity contribution in [3.8, 4) is 0 Å². The van der Waals surface area contributed by atoms with Crippen LogP contribution in [-0.2, 0) is 0 Å². The molecule has 72 valence electrons. The van der Waals surface area contributed by atoms with Crippen LogP contribution < -0.4 is 5.43 Å². The van der Waals surface area contributed by atoms with Crippen LogP contribution in [0.4, 0.5) is 5.95 Å². The average Bonchev–Trinajstić information content (AvgIpc) is 2.60. The van der Waals surface area contributed by atoms with E-state index in [4.69, 9.17) is 0 Å². The number of hydrazone groups is 1. The Morgan fingerprint density at radius 3 is 3.14 bits per heavy atom. The minimum absolute atomic E-state index is 0.677. The number of aromatic amines is 1. The number of hydrogen-bond donors (Lipinski definition) is 2. The molecule has 14 heavy (non-hydrogen) atoms. The lowest BCUT2D eigenvalue weighted by atomic mass is 10.3. The number of nitrogens with zero attached hydrogens (tertiary/aromatic N) is 2. The second kappa shape index (κ2) is 3.91. The predicted molar refractivity (Wildman–Crippen MR) is 58.5 cm³/mol. The number of aromatic nitrogens is 2. The molecular weight excluding hydrogens is 176 g/mol. The summed E-state index contributed by atoms with van der Waals surface area (Å²) in [7, 11) is 0. The molecule has 2 rings (SSSR count). The van der Waals surface area contributed by atoms with Gasteiger partial charge in [-0.2, -0.15) is 5.10 Å². The third-order valence-electron chi connectivity index (χ3n) is 1.83. The van der Waals surface area contributed by atoms with Gasteiger partial charge in [0.05, 0.1) is 11.0 Å². The van der Waals surface area contributed by atoms with Crippen LogP contribution in [-0.4, -0.2) is 16.2 Å². The highest BCUT2D eigenvalue weighted by Crippen LogP contribution is 2.12. The van der Waals surface area contributed by atoms with Crippen LogP contribution in [0.15, 0.2) is 29.4 Å². The standard InChI is InChI=1S/C10H12N4/c1-2-7-11-14-10-12-8-5-3-4-6-9(8)13-10/h3-7H,2H2,1H3,(H2,12,13,14). The molecule has 0 atom stereocenters. The third kappa shape index (κ3) is 1.74. The van der Waals surface area contributed by atoms with E-state index in [-0.39, 0.29) is 0 Å². The zero-order valence-corrected chi connectivity index (χ0v) is 7.99. The molecule has 0 aliphatic heterocycles. The van der Waals surface area contributed by atoms with Gasteiger partial charge in [0.15, 0.2) is 0 Å². The lowest BCUT2D eigenvalue weighted by Gasteiger charge is -1.90. The number of rotatable bonds is 3. The predicted octanol–water partition coefficient (Wildman–Crippen LogP) is 2.37. The first kappa shape index (κ1) is 8.74. The highest BCUT2D eigenvalue weighted by Gasteiger charge is 1.98. The lowest BCUT2D eigenvalue weighted by molar-refractivity contribution is 1.19. The van der Waals surface area contributed by atoms with Gasteiger partial charge >= 0.3 is 0 Å². The minimum Gasteiger partial charge on any atom is -0.323 e. The van der Waals surface area contributed by atoms with E-state index < -0.39 is 0 Å². The monoisotopic (exact) mass is 188 g/mol. The summed E-state index contributed by atoms with van der Waals surface area (Å²) < 4.78 is 0. The van der Waals surface area contributed by atoms with Crippen LogP contribution >= 0.6 is 0 Å². The van der Waals surface area contributed by atoms with E-state index in [1.54, 1.807) is 6.21 Å². The zero-order chi connectivity index (χ0) is 9.80. The second-order valence-corrected chi connectivity index (χ2v) is 2.93. The highest BCUT2D eigenvalue weighted by atomic mass is 15.3. The van der Waals surface area contributed by atoms with E-state index in [1.165, 1.54) is 0 Å². The van der Waals surface area contributed by atoms with Gasteiger partial charge in [0, 0.05) is 6.21 Å². The summed E-state index contributed by atoms with van der Waals surface area (Å²) in [4.78, 5) is 7.42. The van der Waals surface area contributed by atoms with Gasteiger partial charge in [-0.3, -0.25) is 0 Å². The molecule has 4 nitrogen and oxygen atoms in total. The molecule has 0 spiro atoms. The molecule has 0 unspecified atom stereocenters. The molecule has 0 saturated carbocycles. The molecule has 1 aromatic carbocycles. The maximum absolute atomic E-state index is 4.30. The molecule has 1 aromatic heterocycles. The number of nitrogens with one attached hydrogen (secondary N) is 2. The zero-order valence-electron chi connectivity index (χ0n) is 7.99. The number of hydrogen-bond acceptors (Lipinski definition) is 3. The van der Waals surface area contributed by atoms with Crippen molar-refractivity contribution in [3.05, 3.63) is 24.3 Å². The van der Waals surface area contributed by atoms with E-state index in [1.807, 2.05) is 31.2 Å². The van der Waals surface area contributed by atoms with Gasteiger partial charge in [0.25, 0.3) is 0 Å². The fourth-order valence-electron chi connectivity index (χ4n) is 1.20. The molecule has 0 saturated heterocycles. The summed E-state index contributed by atoms with van der Waals surface area (Å²) in [5.41, 5.74) is 4.80. The van der Waals surface area contributed by atoms with Crippen molar-refractivity contribution in [1.29, 1.82) is 0 Å². The topological polar surface area (TPSA) is 53.1 Å². The minimum atomic E-state index is 0.677. The first-order valence-electron chi connectivity index (χ1n) is 4.62. The van der Waals surface area contributed by atoms with E-state index in [0.29, 0.717) is 5.95 Å². The van der Waals surface area contributed by atoms with E-state index in [0.717, 1.165) is 17.5 Å². The van der Waals surface area contributed by atoms with Crippen LogP contribution in [0, 0.1) is 0 Å². The van der Waals surface area contributed by atoms with Gasteiger partial charge in [-0.25, -0.2) is 10.4 Å². The number of para-hydroxylation sites is 2. The molecule has 0 amide bonds. The number of fused-ring (bicyclic) bond motifs is 1. The first-order valence-corrected chi connectivity index (χ1v) is 4.62. The van der Waals surface area contributed by atoms with Gasteiger partial charge in [-0.1, -0.05) is 19.1 Å². The first-order chi connectivity index (χ1) is 6.90.